The smallest absolute Gasteiger partial charge is 0.347 e. The molecule has 1 aromatic carbocycles. The average Bonchev–Trinajstić information content (AvgIpc) is 2.75. The Morgan fingerprint density at radius 2 is 1.74 bits per heavy atom. The molecule has 0 aliphatic carbocycles. The molecule has 19 heavy (non-hydrogen) atoms. The third kappa shape index (κ3) is 1.87. The lowest BCUT2D eigenvalue weighted by molar-refractivity contribution is 0.530. The molecule has 96 valence electrons. The number of hydrogen-bond acceptors (Lipinski definition) is 3. The molecular formula is C16H14O3. The fourth-order valence-corrected chi connectivity index (χ4v) is 2.17. The number of benzene rings is 1. The Kier molecular flexibility index (Phi) is 2.56. The predicted molar refractivity (Wildman–Crippen MR) is 74.4 cm³/mol. The van der Waals surface area contributed by atoms with E-state index < -0.39 is 0 Å². The summed E-state index contributed by atoms with van der Waals surface area (Å²) in [5.74, 6) is 0.537. The molecule has 3 heteroatoms. The van der Waals surface area contributed by atoms with E-state index in [1.165, 1.54) is 5.56 Å². The highest BCUT2D eigenvalue weighted by molar-refractivity contribution is 5.82. The van der Waals surface area contributed by atoms with Gasteiger partial charge in [-0.3, -0.25) is 0 Å². The van der Waals surface area contributed by atoms with Gasteiger partial charge in [-0.1, -0.05) is 12.1 Å². The maximum absolute atomic E-state index is 12.0. The Hall–Kier alpha value is -2.29. The van der Waals surface area contributed by atoms with Crippen molar-refractivity contribution >= 4 is 11.0 Å². The second-order valence-electron chi connectivity index (χ2n) is 4.86. The topological polar surface area (TPSA) is 43.4 Å². The van der Waals surface area contributed by atoms with Crippen molar-refractivity contribution in [1.82, 2.24) is 0 Å². The molecule has 0 aliphatic heterocycles. The molecule has 0 atom stereocenters. The van der Waals surface area contributed by atoms with Crippen molar-refractivity contribution in [2.24, 2.45) is 0 Å². The SMILES string of the molecule is Cc1ccc(-c2cc3occ(C)c3c(=O)o2)cc1C. The van der Waals surface area contributed by atoms with Crippen LogP contribution < -0.4 is 5.63 Å². The predicted octanol–water partition coefficient (Wildman–Crippen LogP) is 3.98. The first-order valence-corrected chi connectivity index (χ1v) is 6.16. The van der Waals surface area contributed by atoms with E-state index in [0.717, 1.165) is 16.7 Å². The van der Waals surface area contributed by atoms with Gasteiger partial charge in [0.1, 0.15) is 16.7 Å². The maximum atomic E-state index is 12.0. The van der Waals surface area contributed by atoms with E-state index in [1.807, 2.05) is 39.0 Å². The van der Waals surface area contributed by atoms with E-state index in [0.29, 0.717) is 16.7 Å². The van der Waals surface area contributed by atoms with Crippen molar-refractivity contribution in [3.63, 3.8) is 0 Å². The van der Waals surface area contributed by atoms with Crippen LogP contribution in [-0.2, 0) is 0 Å². The average molecular weight is 254 g/mol. The van der Waals surface area contributed by atoms with Gasteiger partial charge in [0.2, 0.25) is 0 Å². The van der Waals surface area contributed by atoms with E-state index in [1.54, 1.807) is 12.3 Å². The van der Waals surface area contributed by atoms with Gasteiger partial charge < -0.3 is 8.83 Å². The molecule has 3 rings (SSSR count). The van der Waals surface area contributed by atoms with E-state index in [4.69, 9.17) is 8.83 Å². The molecule has 0 bridgehead atoms. The van der Waals surface area contributed by atoms with Gasteiger partial charge in [-0.25, -0.2) is 4.79 Å². The Morgan fingerprint density at radius 1 is 0.947 bits per heavy atom. The first kappa shape index (κ1) is 11.8. The number of furan rings is 1. The van der Waals surface area contributed by atoms with Crippen LogP contribution in [0.15, 0.2) is 44.2 Å². The normalized spacial score (nSPS) is 11.1. The summed E-state index contributed by atoms with van der Waals surface area (Å²) in [5.41, 5.74) is 4.28. The number of hydrogen-bond donors (Lipinski definition) is 0. The summed E-state index contributed by atoms with van der Waals surface area (Å²) in [7, 11) is 0. The number of rotatable bonds is 1. The molecule has 0 spiro atoms. The molecule has 0 saturated carbocycles. The molecule has 0 fully saturated rings. The molecule has 3 aromatic rings. The van der Waals surface area contributed by atoms with Crippen molar-refractivity contribution in [3.05, 3.63) is 57.6 Å². The van der Waals surface area contributed by atoms with Gasteiger partial charge >= 0.3 is 5.63 Å². The second kappa shape index (κ2) is 4.12. The van der Waals surface area contributed by atoms with Crippen LogP contribution >= 0.6 is 0 Å². The fourth-order valence-electron chi connectivity index (χ4n) is 2.17. The quantitative estimate of drug-likeness (QED) is 0.659. The van der Waals surface area contributed by atoms with E-state index in [9.17, 15) is 4.79 Å². The number of fused-ring (bicyclic) bond motifs is 1. The highest BCUT2D eigenvalue weighted by atomic mass is 16.4. The lowest BCUT2D eigenvalue weighted by atomic mass is 10.0. The fraction of sp³-hybridized carbons (Fsp3) is 0.188. The van der Waals surface area contributed by atoms with Crippen LogP contribution in [0.3, 0.4) is 0 Å². The Morgan fingerprint density at radius 3 is 2.47 bits per heavy atom. The zero-order valence-electron chi connectivity index (χ0n) is 11.1. The summed E-state index contributed by atoms with van der Waals surface area (Å²) in [6.45, 7) is 5.92. The van der Waals surface area contributed by atoms with Gasteiger partial charge in [-0.2, -0.15) is 0 Å². The zero-order valence-corrected chi connectivity index (χ0v) is 11.1. The van der Waals surface area contributed by atoms with Gasteiger partial charge in [-0.05, 0) is 38.0 Å². The van der Waals surface area contributed by atoms with Crippen molar-refractivity contribution in [2.45, 2.75) is 20.8 Å². The standard InChI is InChI=1S/C16H14O3/c1-9-4-5-12(6-10(9)2)13-7-14-15(16(17)19-13)11(3)8-18-14/h4-8H,1-3H3. The first-order valence-electron chi connectivity index (χ1n) is 6.16. The van der Waals surface area contributed by atoms with Crippen LogP contribution in [0.4, 0.5) is 0 Å². The van der Waals surface area contributed by atoms with Gasteiger partial charge in [0.15, 0.2) is 0 Å². The van der Waals surface area contributed by atoms with Crippen LogP contribution in [0.25, 0.3) is 22.3 Å². The highest BCUT2D eigenvalue weighted by Crippen LogP contribution is 2.25. The molecule has 3 nitrogen and oxygen atoms in total. The minimum atomic E-state index is -0.350. The van der Waals surface area contributed by atoms with Crippen LogP contribution in [0.1, 0.15) is 16.7 Å². The number of aryl methyl sites for hydroxylation is 3. The summed E-state index contributed by atoms with van der Waals surface area (Å²) in [6, 6.07) is 7.74. The Bertz CT molecular complexity index is 822. The first-order chi connectivity index (χ1) is 9.06. The molecule has 0 aliphatic rings. The van der Waals surface area contributed by atoms with Crippen LogP contribution in [0.5, 0.6) is 0 Å². The lowest BCUT2D eigenvalue weighted by Crippen LogP contribution is -2.00. The Labute approximate surface area is 110 Å². The Balaban J connectivity index is 2.25. The van der Waals surface area contributed by atoms with Crippen molar-refractivity contribution in [3.8, 4) is 11.3 Å². The summed E-state index contributed by atoms with van der Waals surface area (Å²) < 4.78 is 10.8. The third-order valence-electron chi connectivity index (χ3n) is 3.46. The molecule has 2 aromatic heterocycles. The van der Waals surface area contributed by atoms with Crippen LogP contribution in [0.2, 0.25) is 0 Å². The molecule has 2 heterocycles. The summed E-state index contributed by atoms with van der Waals surface area (Å²) in [6.07, 6.45) is 1.58. The van der Waals surface area contributed by atoms with Gasteiger partial charge in [0, 0.05) is 17.2 Å². The minimum absolute atomic E-state index is 0.350. The summed E-state index contributed by atoms with van der Waals surface area (Å²) in [4.78, 5) is 12.0. The second-order valence-corrected chi connectivity index (χ2v) is 4.86. The van der Waals surface area contributed by atoms with Crippen LogP contribution in [0, 0.1) is 20.8 Å². The van der Waals surface area contributed by atoms with Gasteiger partial charge in [0.05, 0.1) is 6.26 Å². The molecule has 0 radical (unpaired) electrons. The third-order valence-corrected chi connectivity index (χ3v) is 3.46. The van der Waals surface area contributed by atoms with E-state index in [-0.39, 0.29) is 5.63 Å². The largest absolute Gasteiger partial charge is 0.464 e. The lowest BCUT2D eigenvalue weighted by Gasteiger charge is -2.04. The maximum Gasteiger partial charge on any atom is 0.347 e. The zero-order chi connectivity index (χ0) is 13.6. The summed E-state index contributed by atoms with van der Waals surface area (Å²) >= 11 is 0. The van der Waals surface area contributed by atoms with Crippen molar-refractivity contribution in [1.29, 1.82) is 0 Å². The molecule has 0 amide bonds. The molecule has 0 saturated heterocycles. The van der Waals surface area contributed by atoms with E-state index >= 15 is 0 Å². The van der Waals surface area contributed by atoms with Gasteiger partial charge in [-0.15, -0.1) is 0 Å². The molecule has 0 unspecified atom stereocenters. The summed E-state index contributed by atoms with van der Waals surface area (Å²) in [5, 5.41) is 0.521. The monoisotopic (exact) mass is 254 g/mol. The van der Waals surface area contributed by atoms with Crippen LogP contribution in [-0.4, -0.2) is 0 Å². The highest BCUT2D eigenvalue weighted by Gasteiger charge is 2.12. The minimum Gasteiger partial charge on any atom is -0.464 e. The van der Waals surface area contributed by atoms with E-state index in [2.05, 4.69) is 0 Å². The molecule has 0 N–H and O–H groups in total. The van der Waals surface area contributed by atoms with Gasteiger partial charge in [0.25, 0.3) is 0 Å². The molecular weight excluding hydrogens is 240 g/mol. The van der Waals surface area contributed by atoms with Crippen molar-refractivity contribution in [2.75, 3.05) is 0 Å². The van der Waals surface area contributed by atoms with Crippen molar-refractivity contribution < 1.29 is 8.83 Å².